The lowest BCUT2D eigenvalue weighted by Crippen LogP contribution is -1.94. The second kappa shape index (κ2) is 6.04. The van der Waals surface area contributed by atoms with Crippen LogP contribution in [-0.2, 0) is 11.2 Å². The average Bonchev–Trinajstić information content (AvgIpc) is 2.83. The molecule has 0 bridgehead atoms. The van der Waals surface area contributed by atoms with Gasteiger partial charge in [0.15, 0.2) is 11.7 Å². The first-order valence-electron chi connectivity index (χ1n) is 6.11. The van der Waals surface area contributed by atoms with E-state index >= 15 is 0 Å². The number of aryl methyl sites for hydroxylation is 1. The van der Waals surface area contributed by atoms with Crippen LogP contribution in [0.2, 0.25) is 0 Å². The van der Waals surface area contributed by atoms with Crippen LogP contribution >= 0.6 is 0 Å². The lowest BCUT2D eigenvalue weighted by Gasteiger charge is -1.99. The topological polar surface area (TPSA) is 83.6 Å². The molecule has 19 heavy (non-hydrogen) atoms. The number of rotatable bonds is 6. The lowest BCUT2D eigenvalue weighted by molar-refractivity contribution is -0.137. The van der Waals surface area contributed by atoms with E-state index in [-0.39, 0.29) is 12.2 Å². The number of nitrogens with zero attached hydrogens (tertiary/aromatic N) is 1. The summed E-state index contributed by atoms with van der Waals surface area (Å²) in [5.74, 6) is 0.438. The van der Waals surface area contributed by atoms with Gasteiger partial charge < -0.3 is 14.6 Å². The summed E-state index contributed by atoms with van der Waals surface area (Å²) in [5, 5.41) is 18.2. The fourth-order valence-corrected chi connectivity index (χ4v) is 1.78. The Bertz CT molecular complexity index is 562. The third-order valence-corrected chi connectivity index (χ3v) is 2.75. The minimum atomic E-state index is -0.790. The normalized spacial score (nSPS) is 10.5. The quantitative estimate of drug-likeness (QED) is 0.781. The molecular weight excluding hydrogens is 246 g/mol. The number of hydrogen-bond acceptors (Lipinski definition) is 4. The molecule has 0 aliphatic heterocycles. The average molecular weight is 261 g/mol. The summed E-state index contributed by atoms with van der Waals surface area (Å²) in [4.78, 5) is 14.5. The molecular formula is C14H15NO4. The summed E-state index contributed by atoms with van der Waals surface area (Å²) >= 11 is 0. The summed E-state index contributed by atoms with van der Waals surface area (Å²) < 4.78 is 5.54. The number of phenolic OH excluding ortho intramolecular Hbond substituents is 1. The molecule has 0 amide bonds. The Morgan fingerprint density at radius 2 is 2.05 bits per heavy atom. The van der Waals surface area contributed by atoms with Crippen LogP contribution in [0.4, 0.5) is 0 Å². The van der Waals surface area contributed by atoms with Gasteiger partial charge in [0.05, 0.1) is 11.8 Å². The maximum Gasteiger partial charge on any atom is 0.303 e. The number of phenols is 1. The van der Waals surface area contributed by atoms with Crippen molar-refractivity contribution in [3.8, 4) is 17.1 Å². The number of oxazole rings is 1. The van der Waals surface area contributed by atoms with E-state index in [0.717, 1.165) is 0 Å². The molecule has 0 spiro atoms. The summed E-state index contributed by atoms with van der Waals surface area (Å²) in [7, 11) is 0. The van der Waals surface area contributed by atoms with Gasteiger partial charge in [0.2, 0.25) is 0 Å². The van der Waals surface area contributed by atoms with Crippen molar-refractivity contribution >= 4 is 5.97 Å². The van der Waals surface area contributed by atoms with Crippen molar-refractivity contribution in [2.45, 2.75) is 25.7 Å². The molecule has 2 rings (SSSR count). The van der Waals surface area contributed by atoms with E-state index in [1.54, 1.807) is 24.4 Å². The number of aliphatic carboxylic acids is 1. The fraction of sp³-hybridized carbons (Fsp3) is 0.286. The van der Waals surface area contributed by atoms with Crippen LogP contribution in [0, 0.1) is 0 Å². The molecule has 2 aromatic rings. The molecule has 1 aromatic heterocycles. The van der Waals surface area contributed by atoms with Crippen molar-refractivity contribution in [3.05, 3.63) is 36.4 Å². The molecule has 2 N–H and O–H groups in total. The van der Waals surface area contributed by atoms with Crippen LogP contribution in [0.25, 0.3) is 11.3 Å². The second-order valence-corrected chi connectivity index (χ2v) is 4.24. The Morgan fingerprint density at radius 1 is 1.26 bits per heavy atom. The molecule has 0 aliphatic carbocycles. The summed E-state index contributed by atoms with van der Waals surface area (Å²) in [6.45, 7) is 0. The number of carboxylic acids is 1. The van der Waals surface area contributed by atoms with Gasteiger partial charge in [-0.3, -0.25) is 4.79 Å². The van der Waals surface area contributed by atoms with Gasteiger partial charge in [0.1, 0.15) is 5.75 Å². The third kappa shape index (κ3) is 3.58. The second-order valence-electron chi connectivity index (χ2n) is 4.24. The van der Waals surface area contributed by atoms with E-state index in [1.165, 1.54) is 0 Å². The number of para-hydroxylation sites is 1. The number of aromatic hydroxyl groups is 1. The van der Waals surface area contributed by atoms with Gasteiger partial charge in [0, 0.05) is 12.8 Å². The van der Waals surface area contributed by atoms with Gasteiger partial charge in [-0.1, -0.05) is 12.1 Å². The number of benzene rings is 1. The van der Waals surface area contributed by atoms with Gasteiger partial charge in [0.25, 0.3) is 0 Å². The van der Waals surface area contributed by atoms with Crippen LogP contribution in [0.15, 0.2) is 34.9 Å². The van der Waals surface area contributed by atoms with Crippen LogP contribution < -0.4 is 0 Å². The Labute approximate surface area is 110 Å². The van der Waals surface area contributed by atoms with E-state index in [2.05, 4.69) is 4.98 Å². The largest absolute Gasteiger partial charge is 0.507 e. The lowest BCUT2D eigenvalue weighted by atomic mass is 10.2. The SMILES string of the molecule is O=C(O)CCCCc1ncc(-c2ccccc2O)o1. The highest BCUT2D eigenvalue weighted by atomic mass is 16.4. The van der Waals surface area contributed by atoms with Crippen molar-refractivity contribution in [1.29, 1.82) is 0 Å². The number of unbranched alkanes of at least 4 members (excludes halogenated alkanes) is 1. The molecule has 1 heterocycles. The van der Waals surface area contributed by atoms with Crippen LogP contribution in [-0.4, -0.2) is 21.2 Å². The minimum absolute atomic E-state index is 0.149. The summed E-state index contributed by atoms with van der Waals surface area (Å²) in [6.07, 6.45) is 3.64. The Hall–Kier alpha value is -2.30. The predicted octanol–water partition coefficient (Wildman–Crippen LogP) is 2.84. The van der Waals surface area contributed by atoms with Gasteiger partial charge in [-0.2, -0.15) is 0 Å². The molecule has 0 radical (unpaired) electrons. The molecule has 5 nitrogen and oxygen atoms in total. The van der Waals surface area contributed by atoms with Crippen molar-refractivity contribution in [3.63, 3.8) is 0 Å². The third-order valence-electron chi connectivity index (χ3n) is 2.75. The fourth-order valence-electron chi connectivity index (χ4n) is 1.78. The Balaban J connectivity index is 1.96. The monoisotopic (exact) mass is 261 g/mol. The zero-order chi connectivity index (χ0) is 13.7. The van der Waals surface area contributed by atoms with Crippen molar-refractivity contribution in [2.24, 2.45) is 0 Å². The first-order chi connectivity index (χ1) is 9.16. The maximum absolute atomic E-state index is 10.4. The number of carbonyl (C=O) groups is 1. The molecule has 0 fully saturated rings. The van der Waals surface area contributed by atoms with Crippen molar-refractivity contribution < 1.29 is 19.4 Å². The van der Waals surface area contributed by atoms with E-state index < -0.39 is 5.97 Å². The molecule has 0 aliphatic rings. The van der Waals surface area contributed by atoms with Crippen LogP contribution in [0.1, 0.15) is 25.2 Å². The van der Waals surface area contributed by atoms with E-state index in [0.29, 0.717) is 36.5 Å². The highest BCUT2D eigenvalue weighted by Gasteiger charge is 2.09. The minimum Gasteiger partial charge on any atom is -0.507 e. The highest BCUT2D eigenvalue weighted by Crippen LogP contribution is 2.29. The van der Waals surface area contributed by atoms with Crippen molar-refractivity contribution in [2.75, 3.05) is 0 Å². The zero-order valence-corrected chi connectivity index (χ0v) is 10.4. The molecule has 0 saturated carbocycles. The molecule has 0 atom stereocenters. The van der Waals surface area contributed by atoms with Gasteiger partial charge in [-0.05, 0) is 25.0 Å². The molecule has 5 heteroatoms. The zero-order valence-electron chi connectivity index (χ0n) is 10.4. The standard InChI is InChI=1S/C14H15NO4/c16-11-6-2-1-5-10(11)12-9-15-13(19-12)7-3-4-8-14(17)18/h1-2,5-6,9,16H,3-4,7-8H2,(H,17,18). The Morgan fingerprint density at radius 3 is 2.79 bits per heavy atom. The van der Waals surface area contributed by atoms with Crippen molar-refractivity contribution in [1.82, 2.24) is 4.98 Å². The summed E-state index contributed by atoms with van der Waals surface area (Å²) in [5.41, 5.74) is 0.604. The van der Waals surface area contributed by atoms with Gasteiger partial charge in [-0.15, -0.1) is 0 Å². The van der Waals surface area contributed by atoms with Crippen LogP contribution in [0.3, 0.4) is 0 Å². The molecule has 1 aromatic carbocycles. The van der Waals surface area contributed by atoms with Gasteiger partial charge >= 0.3 is 5.97 Å². The number of hydrogen-bond donors (Lipinski definition) is 2. The highest BCUT2D eigenvalue weighted by molar-refractivity contribution is 5.66. The van der Waals surface area contributed by atoms with E-state index in [1.807, 2.05) is 6.07 Å². The Kier molecular flexibility index (Phi) is 4.18. The first kappa shape index (κ1) is 13.1. The van der Waals surface area contributed by atoms with Gasteiger partial charge in [-0.25, -0.2) is 4.98 Å². The molecule has 0 saturated heterocycles. The van der Waals surface area contributed by atoms with Crippen LogP contribution in [0.5, 0.6) is 5.75 Å². The smallest absolute Gasteiger partial charge is 0.303 e. The number of carboxylic acid groups (broad SMARTS) is 1. The maximum atomic E-state index is 10.4. The van der Waals surface area contributed by atoms with E-state index in [4.69, 9.17) is 9.52 Å². The first-order valence-corrected chi connectivity index (χ1v) is 6.11. The number of aromatic nitrogens is 1. The summed E-state index contributed by atoms with van der Waals surface area (Å²) in [6, 6.07) is 6.89. The van der Waals surface area contributed by atoms with E-state index in [9.17, 15) is 9.90 Å². The molecule has 0 unspecified atom stereocenters. The predicted molar refractivity (Wildman–Crippen MR) is 68.8 cm³/mol. The molecule has 100 valence electrons.